The Balaban J connectivity index is 1.29. The molecule has 1 N–H and O–H groups in total. The normalized spacial score (nSPS) is 51.9. The highest BCUT2D eigenvalue weighted by molar-refractivity contribution is 5.92. The highest BCUT2D eigenvalue weighted by atomic mass is 16.8. The van der Waals surface area contributed by atoms with Gasteiger partial charge in [0.1, 0.15) is 30.0 Å². The minimum atomic E-state index is -1.04. The first-order chi connectivity index (χ1) is 15.6. The second kappa shape index (κ2) is 5.80. The van der Waals surface area contributed by atoms with E-state index in [0.29, 0.717) is 19.4 Å². The Labute approximate surface area is 190 Å². The van der Waals surface area contributed by atoms with Crippen LogP contribution < -0.4 is 0 Å². The molecule has 0 aromatic carbocycles. The molecule has 7 rings (SSSR count). The van der Waals surface area contributed by atoms with Gasteiger partial charge in [-0.15, -0.1) is 0 Å². The maximum atomic E-state index is 12.7. The molecule has 0 aromatic heterocycles. The Hall–Kier alpha value is -1.97. The highest BCUT2D eigenvalue weighted by Crippen LogP contribution is 2.83. The van der Waals surface area contributed by atoms with E-state index >= 15 is 0 Å². The van der Waals surface area contributed by atoms with Gasteiger partial charge in [-0.05, 0) is 36.7 Å². The molecule has 4 heterocycles. The number of hydrogen-bond donors (Lipinski definition) is 1. The summed E-state index contributed by atoms with van der Waals surface area (Å²) in [6, 6.07) is 0. The summed E-state index contributed by atoms with van der Waals surface area (Å²) >= 11 is 0. The molecule has 5 fully saturated rings. The van der Waals surface area contributed by atoms with E-state index in [0.717, 1.165) is 17.6 Å². The van der Waals surface area contributed by atoms with E-state index in [1.165, 1.54) is 0 Å². The summed E-state index contributed by atoms with van der Waals surface area (Å²) in [5.41, 5.74) is -0.569. The summed E-state index contributed by atoms with van der Waals surface area (Å²) in [5.74, 6) is -1.63. The zero-order valence-electron chi connectivity index (χ0n) is 18.9. The summed E-state index contributed by atoms with van der Waals surface area (Å²) in [7, 11) is 0. The van der Waals surface area contributed by atoms with Gasteiger partial charge in [0.15, 0.2) is 11.7 Å². The zero-order valence-corrected chi connectivity index (χ0v) is 18.9. The molecule has 9 heteroatoms. The number of aliphatic carboxylic acids is 1. The van der Waals surface area contributed by atoms with Crippen LogP contribution in [0.25, 0.3) is 0 Å². The summed E-state index contributed by atoms with van der Waals surface area (Å²) in [6.45, 7) is 6.65. The molecule has 178 valence electrons. The molecule has 0 aromatic rings. The molecule has 33 heavy (non-hydrogen) atoms. The molecule has 7 aliphatic rings. The van der Waals surface area contributed by atoms with Crippen molar-refractivity contribution in [3.63, 3.8) is 0 Å². The van der Waals surface area contributed by atoms with Crippen molar-refractivity contribution in [1.82, 2.24) is 0 Å². The number of carbonyl (C=O) groups is 3. The number of esters is 2. The molecule has 0 radical (unpaired) electrons. The number of rotatable bonds is 5. The average Bonchev–Trinajstić information content (AvgIpc) is 3.65. The van der Waals surface area contributed by atoms with E-state index in [9.17, 15) is 14.4 Å². The highest BCUT2D eigenvalue weighted by Gasteiger charge is 3.01. The molecular weight excluding hydrogens is 432 g/mol. The van der Waals surface area contributed by atoms with Crippen LogP contribution in [0.3, 0.4) is 0 Å². The third-order valence-corrected chi connectivity index (χ3v) is 9.86. The average molecular weight is 460 g/mol. The fraction of sp³-hybridized carbons (Fsp3) is 0.792. The predicted octanol–water partition coefficient (Wildman–Crippen LogP) is 1.52. The van der Waals surface area contributed by atoms with Gasteiger partial charge in [0.2, 0.25) is 0 Å². The molecule has 3 saturated heterocycles. The van der Waals surface area contributed by atoms with Gasteiger partial charge in [0.25, 0.3) is 0 Å². The molecule has 2 saturated carbocycles. The number of fused-ring (bicyclic) bond motifs is 4. The Morgan fingerprint density at radius 3 is 2.70 bits per heavy atom. The van der Waals surface area contributed by atoms with Gasteiger partial charge in [-0.1, -0.05) is 20.8 Å². The Morgan fingerprint density at radius 2 is 1.97 bits per heavy atom. The van der Waals surface area contributed by atoms with Crippen LogP contribution in [0.2, 0.25) is 0 Å². The largest absolute Gasteiger partial charge is 0.481 e. The summed E-state index contributed by atoms with van der Waals surface area (Å²) < 4.78 is 30.9. The standard InChI is InChI=1S/C24H28O9/c1-10(2)22-17(32-22)18-24(33-18)21(3)7-6-11-12(9-29-19(11)28)13(21)8-14-23(24,31-14)20(22)30-16(27)5-4-15(25)26/h10,13-14,17-18,20H,4-9H2,1-3H3,(H,25,26)/t13?,14-,17-,18-,20+,21-,22-,23+,24+/m0/s1. The van der Waals surface area contributed by atoms with Crippen molar-refractivity contribution in [2.45, 2.75) is 94.1 Å². The van der Waals surface area contributed by atoms with Crippen LogP contribution in [0.4, 0.5) is 0 Å². The fourth-order valence-corrected chi connectivity index (χ4v) is 8.24. The molecule has 0 amide bonds. The van der Waals surface area contributed by atoms with Crippen LogP contribution in [0, 0.1) is 17.3 Å². The van der Waals surface area contributed by atoms with E-state index in [-0.39, 0.29) is 54.4 Å². The van der Waals surface area contributed by atoms with E-state index < -0.39 is 34.8 Å². The van der Waals surface area contributed by atoms with Gasteiger partial charge in [-0.3, -0.25) is 9.59 Å². The molecule has 9 atom stereocenters. The lowest BCUT2D eigenvalue weighted by atomic mass is 9.46. The third-order valence-electron chi connectivity index (χ3n) is 9.86. The number of hydrogen-bond acceptors (Lipinski definition) is 8. The Bertz CT molecular complexity index is 1050. The fourth-order valence-electron chi connectivity index (χ4n) is 8.24. The number of carbonyl (C=O) groups excluding carboxylic acids is 2. The minimum Gasteiger partial charge on any atom is -0.481 e. The maximum absolute atomic E-state index is 12.7. The number of carboxylic acids is 1. The van der Waals surface area contributed by atoms with Crippen LogP contribution in [0.1, 0.15) is 52.9 Å². The molecule has 4 aliphatic heterocycles. The van der Waals surface area contributed by atoms with Crippen molar-refractivity contribution in [2.24, 2.45) is 17.3 Å². The lowest BCUT2D eigenvalue weighted by Crippen LogP contribution is -2.70. The van der Waals surface area contributed by atoms with E-state index in [1.54, 1.807) is 0 Å². The molecule has 0 bridgehead atoms. The van der Waals surface area contributed by atoms with Crippen molar-refractivity contribution in [3.8, 4) is 0 Å². The second-order valence-electron chi connectivity index (χ2n) is 11.3. The van der Waals surface area contributed by atoms with E-state index in [4.69, 9.17) is 28.8 Å². The molecule has 1 unspecified atom stereocenters. The van der Waals surface area contributed by atoms with Crippen molar-refractivity contribution in [3.05, 3.63) is 11.1 Å². The lowest BCUT2D eigenvalue weighted by Gasteiger charge is -2.53. The van der Waals surface area contributed by atoms with Gasteiger partial charge >= 0.3 is 17.9 Å². The van der Waals surface area contributed by atoms with Crippen LogP contribution in [-0.2, 0) is 38.1 Å². The van der Waals surface area contributed by atoms with Crippen molar-refractivity contribution >= 4 is 17.9 Å². The number of epoxide rings is 3. The van der Waals surface area contributed by atoms with Gasteiger partial charge < -0.3 is 28.8 Å². The first kappa shape index (κ1) is 20.4. The Morgan fingerprint density at radius 1 is 1.18 bits per heavy atom. The van der Waals surface area contributed by atoms with Gasteiger partial charge in [0, 0.05) is 11.0 Å². The predicted molar refractivity (Wildman–Crippen MR) is 108 cm³/mol. The Kier molecular flexibility index (Phi) is 3.59. The summed E-state index contributed by atoms with van der Waals surface area (Å²) in [6.07, 6.45) is 0.464. The van der Waals surface area contributed by atoms with Crippen LogP contribution >= 0.6 is 0 Å². The van der Waals surface area contributed by atoms with Crippen molar-refractivity contribution in [1.29, 1.82) is 0 Å². The topological polar surface area (TPSA) is 127 Å². The lowest BCUT2D eigenvalue weighted by molar-refractivity contribution is -0.170. The smallest absolute Gasteiger partial charge is 0.334 e. The number of cyclic esters (lactones) is 1. The van der Waals surface area contributed by atoms with Gasteiger partial charge in [-0.25, -0.2) is 4.79 Å². The summed E-state index contributed by atoms with van der Waals surface area (Å²) in [5, 5.41) is 9.00. The van der Waals surface area contributed by atoms with Crippen LogP contribution in [0.5, 0.6) is 0 Å². The van der Waals surface area contributed by atoms with Crippen molar-refractivity contribution in [2.75, 3.05) is 6.61 Å². The third kappa shape index (κ3) is 2.06. The van der Waals surface area contributed by atoms with Crippen molar-refractivity contribution < 1.29 is 43.2 Å². The zero-order chi connectivity index (χ0) is 23.1. The first-order valence-corrected chi connectivity index (χ1v) is 12.0. The van der Waals surface area contributed by atoms with E-state index in [1.807, 2.05) is 13.8 Å². The van der Waals surface area contributed by atoms with Crippen LogP contribution in [0.15, 0.2) is 11.1 Å². The SMILES string of the molecule is CC(C)[C@]12O[C@H]1[C@@H]1O[C@]13[C@]1(O[C@H]1CC1C4=C(CC[C@@]13C)C(=O)OC4)[C@@H]2OC(=O)CCC(=O)O. The summed E-state index contributed by atoms with van der Waals surface area (Å²) in [4.78, 5) is 36.0. The molecule has 2 spiro atoms. The monoisotopic (exact) mass is 460 g/mol. The molecular formula is C24H28O9. The number of ether oxygens (including phenoxy) is 5. The minimum absolute atomic E-state index is 0.0632. The second-order valence-corrected chi connectivity index (χ2v) is 11.3. The van der Waals surface area contributed by atoms with E-state index in [2.05, 4.69) is 6.92 Å². The number of carboxylic acid groups (broad SMARTS) is 1. The van der Waals surface area contributed by atoms with Gasteiger partial charge in [0.05, 0.1) is 18.9 Å². The first-order valence-electron chi connectivity index (χ1n) is 12.0. The molecule has 3 aliphatic carbocycles. The van der Waals surface area contributed by atoms with Gasteiger partial charge in [-0.2, -0.15) is 0 Å². The maximum Gasteiger partial charge on any atom is 0.334 e. The van der Waals surface area contributed by atoms with Crippen LogP contribution in [-0.4, -0.2) is 70.8 Å². The quantitative estimate of drug-likeness (QED) is 0.480. The molecule has 9 nitrogen and oxygen atoms in total.